The van der Waals surface area contributed by atoms with Gasteiger partial charge in [-0.2, -0.15) is 0 Å². The number of esters is 1. The predicted octanol–water partition coefficient (Wildman–Crippen LogP) is 2.38. The molecule has 146 valence electrons. The molecule has 0 radical (unpaired) electrons. The molecule has 2 N–H and O–H groups in total. The molecule has 26 heavy (non-hydrogen) atoms. The quantitative estimate of drug-likeness (QED) is 0.480. The third-order valence-corrected chi connectivity index (χ3v) is 4.43. The summed E-state index contributed by atoms with van der Waals surface area (Å²) in [6.07, 6.45) is 4.03. The van der Waals surface area contributed by atoms with Gasteiger partial charge in [-0.05, 0) is 70.3 Å². The van der Waals surface area contributed by atoms with E-state index in [0.29, 0.717) is 32.0 Å². The Morgan fingerprint density at radius 3 is 2.62 bits per heavy atom. The summed E-state index contributed by atoms with van der Waals surface area (Å²) in [6, 6.07) is 5.06. The third kappa shape index (κ3) is 6.50. The first-order chi connectivity index (χ1) is 12.6. The van der Waals surface area contributed by atoms with Crippen LogP contribution in [0.15, 0.2) is 18.2 Å². The van der Waals surface area contributed by atoms with E-state index >= 15 is 0 Å². The summed E-state index contributed by atoms with van der Waals surface area (Å²) in [7, 11) is 0. The molecule has 0 aromatic heterocycles. The monoisotopic (exact) mass is 364 g/mol. The summed E-state index contributed by atoms with van der Waals surface area (Å²) < 4.78 is 16.6. The number of likely N-dealkylation sites (tertiary alicyclic amines) is 1. The number of nitrogens with zero attached hydrogens (tertiary/aromatic N) is 1. The standard InChI is InChI=1S/C20H32N2O4/c1-3-24-19-15-16(14-17(21)20(23)25-4-2)8-9-18(19)26-13-7-12-22-10-5-6-11-22/h8-9,15,17H,3-7,10-14,21H2,1-2H3/t17-/m0/s1. The van der Waals surface area contributed by atoms with Crippen molar-refractivity contribution in [2.45, 2.75) is 45.6 Å². The molecule has 1 fully saturated rings. The number of benzene rings is 1. The summed E-state index contributed by atoms with van der Waals surface area (Å²) in [5.74, 6) is 1.05. The average Bonchev–Trinajstić information content (AvgIpc) is 3.14. The SMILES string of the molecule is CCOC(=O)[C@@H](N)Cc1ccc(OCCCN2CCCC2)c(OCC)c1. The number of hydrogen-bond donors (Lipinski definition) is 1. The van der Waals surface area contributed by atoms with Crippen molar-refractivity contribution < 1.29 is 19.0 Å². The Hall–Kier alpha value is -1.79. The molecule has 0 spiro atoms. The lowest BCUT2D eigenvalue weighted by molar-refractivity contribution is -0.144. The number of carbonyl (C=O) groups excluding carboxylic acids is 1. The maximum Gasteiger partial charge on any atom is 0.323 e. The van der Waals surface area contributed by atoms with E-state index in [0.717, 1.165) is 24.3 Å². The molecule has 0 saturated carbocycles. The molecular weight excluding hydrogens is 332 g/mol. The van der Waals surface area contributed by atoms with E-state index in [1.54, 1.807) is 6.92 Å². The minimum atomic E-state index is -0.670. The van der Waals surface area contributed by atoms with E-state index in [1.165, 1.54) is 25.9 Å². The maximum absolute atomic E-state index is 11.7. The fraction of sp³-hybridized carbons (Fsp3) is 0.650. The smallest absolute Gasteiger partial charge is 0.323 e. The molecule has 6 nitrogen and oxygen atoms in total. The summed E-state index contributed by atoms with van der Waals surface area (Å²) in [4.78, 5) is 14.2. The van der Waals surface area contributed by atoms with Gasteiger partial charge in [0.1, 0.15) is 6.04 Å². The second kappa shape index (κ2) is 11.0. The van der Waals surface area contributed by atoms with Crippen LogP contribution in [0.3, 0.4) is 0 Å². The zero-order valence-electron chi connectivity index (χ0n) is 16.0. The maximum atomic E-state index is 11.7. The van der Waals surface area contributed by atoms with E-state index in [1.807, 2.05) is 25.1 Å². The van der Waals surface area contributed by atoms with Gasteiger partial charge in [0.2, 0.25) is 0 Å². The topological polar surface area (TPSA) is 74.0 Å². The molecule has 0 unspecified atom stereocenters. The summed E-state index contributed by atoms with van der Waals surface area (Å²) >= 11 is 0. The van der Waals surface area contributed by atoms with Gasteiger partial charge in [0, 0.05) is 6.54 Å². The lowest BCUT2D eigenvalue weighted by Crippen LogP contribution is -2.34. The first kappa shape index (κ1) is 20.5. The lowest BCUT2D eigenvalue weighted by Gasteiger charge is -2.17. The predicted molar refractivity (Wildman–Crippen MR) is 102 cm³/mol. The molecular formula is C20H32N2O4. The fourth-order valence-electron chi connectivity index (χ4n) is 3.13. The van der Waals surface area contributed by atoms with Crippen LogP contribution < -0.4 is 15.2 Å². The van der Waals surface area contributed by atoms with E-state index in [9.17, 15) is 4.79 Å². The molecule has 1 saturated heterocycles. The van der Waals surface area contributed by atoms with Gasteiger partial charge in [-0.1, -0.05) is 6.07 Å². The largest absolute Gasteiger partial charge is 0.490 e. The molecule has 1 atom stereocenters. The van der Waals surface area contributed by atoms with Crippen molar-refractivity contribution >= 4 is 5.97 Å². The Balaban J connectivity index is 1.88. The van der Waals surface area contributed by atoms with Crippen LogP contribution in [0.1, 0.15) is 38.7 Å². The normalized spacial score (nSPS) is 15.7. The van der Waals surface area contributed by atoms with Crippen molar-refractivity contribution in [2.24, 2.45) is 5.73 Å². The third-order valence-electron chi connectivity index (χ3n) is 4.43. The van der Waals surface area contributed by atoms with Crippen LogP contribution in [-0.2, 0) is 16.0 Å². The van der Waals surface area contributed by atoms with Crippen LogP contribution in [0.25, 0.3) is 0 Å². The number of ether oxygens (including phenoxy) is 3. The molecule has 1 aliphatic heterocycles. The summed E-state index contributed by atoms with van der Waals surface area (Å²) in [5.41, 5.74) is 6.83. The zero-order chi connectivity index (χ0) is 18.8. The summed E-state index contributed by atoms with van der Waals surface area (Å²) in [6.45, 7) is 8.76. The van der Waals surface area contributed by atoms with E-state index < -0.39 is 6.04 Å². The molecule has 2 rings (SSSR count). The van der Waals surface area contributed by atoms with E-state index in [4.69, 9.17) is 19.9 Å². The lowest BCUT2D eigenvalue weighted by atomic mass is 10.1. The number of carbonyl (C=O) groups is 1. The highest BCUT2D eigenvalue weighted by Gasteiger charge is 2.17. The van der Waals surface area contributed by atoms with Crippen LogP contribution in [0, 0.1) is 0 Å². The van der Waals surface area contributed by atoms with Crippen molar-refractivity contribution in [1.29, 1.82) is 0 Å². The van der Waals surface area contributed by atoms with E-state index in [2.05, 4.69) is 4.90 Å². The van der Waals surface area contributed by atoms with E-state index in [-0.39, 0.29) is 5.97 Å². The van der Waals surface area contributed by atoms with Crippen LogP contribution in [0.2, 0.25) is 0 Å². The Morgan fingerprint density at radius 2 is 1.92 bits per heavy atom. The Labute approximate surface area is 156 Å². The molecule has 1 aromatic carbocycles. The van der Waals surface area contributed by atoms with Gasteiger partial charge in [-0.15, -0.1) is 0 Å². The highest BCUT2D eigenvalue weighted by atomic mass is 16.5. The first-order valence-electron chi connectivity index (χ1n) is 9.67. The van der Waals surface area contributed by atoms with Gasteiger partial charge in [-0.25, -0.2) is 0 Å². The number of hydrogen-bond acceptors (Lipinski definition) is 6. The molecule has 1 heterocycles. The van der Waals surface area contributed by atoms with Gasteiger partial charge in [0.05, 0.1) is 19.8 Å². The van der Waals surface area contributed by atoms with Gasteiger partial charge in [0.25, 0.3) is 0 Å². The molecule has 1 aromatic rings. The van der Waals surface area contributed by atoms with Gasteiger partial charge < -0.3 is 24.8 Å². The van der Waals surface area contributed by atoms with Crippen LogP contribution in [0.5, 0.6) is 11.5 Å². The minimum absolute atomic E-state index is 0.334. The van der Waals surface area contributed by atoms with Crippen molar-refractivity contribution in [3.63, 3.8) is 0 Å². The fourth-order valence-corrected chi connectivity index (χ4v) is 3.13. The summed E-state index contributed by atoms with van der Waals surface area (Å²) in [5, 5.41) is 0. The highest BCUT2D eigenvalue weighted by molar-refractivity contribution is 5.75. The van der Waals surface area contributed by atoms with Gasteiger partial charge in [-0.3, -0.25) is 4.79 Å². The molecule has 6 heteroatoms. The van der Waals surface area contributed by atoms with Crippen molar-refractivity contribution in [3.05, 3.63) is 23.8 Å². The van der Waals surface area contributed by atoms with Crippen molar-refractivity contribution in [3.8, 4) is 11.5 Å². The van der Waals surface area contributed by atoms with Crippen molar-refractivity contribution in [1.82, 2.24) is 4.90 Å². The molecule has 0 amide bonds. The Kier molecular flexibility index (Phi) is 8.71. The number of rotatable bonds is 11. The van der Waals surface area contributed by atoms with Gasteiger partial charge >= 0.3 is 5.97 Å². The minimum Gasteiger partial charge on any atom is -0.490 e. The zero-order valence-corrected chi connectivity index (χ0v) is 16.0. The molecule has 1 aliphatic rings. The van der Waals surface area contributed by atoms with Gasteiger partial charge in [0.15, 0.2) is 11.5 Å². The van der Waals surface area contributed by atoms with Crippen LogP contribution >= 0.6 is 0 Å². The van der Waals surface area contributed by atoms with Crippen molar-refractivity contribution in [2.75, 3.05) is 39.5 Å². The average molecular weight is 364 g/mol. The Morgan fingerprint density at radius 1 is 1.15 bits per heavy atom. The first-order valence-corrected chi connectivity index (χ1v) is 9.67. The Bertz CT molecular complexity index is 559. The molecule has 0 aliphatic carbocycles. The number of nitrogens with two attached hydrogens (primary N) is 1. The molecule has 0 bridgehead atoms. The van der Waals surface area contributed by atoms with Crippen LogP contribution in [0.4, 0.5) is 0 Å². The second-order valence-electron chi connectivity index (χ2n) is 6.53. The highest BCUT2D eigenvalue weighted by Crippen LogP contribution is 2.29. The van der Waals surface area contributed by atoms with Crippen LogP contribution in [-0.4, -0.2) is 56.4 Å². The second-order valence-corrected chi connectivity index (χ2v) is 6.53.